The molecule has 1 saturated heterocycles. The highest BCUT2D eigenvalue weighted by Crippen LogP contribution is 2.27. The number of aliphatic hydroxyl groups is 1. The molecule has 6 heteroatoms. The second kappa shape index (κ2) is 6.61. The fourth-order valence-corrected chi connectivity index (χ4v) is 3.53. The Morgan fingerprint density at radius 3 is 2.60 bits per heavy atom. The molecule has 3 rings (SSSR count). The van der Waals surface area contributed by atoms with Crippen molar-refractivity contribution in [3.05, 3.63) is 45.3 Å². The minimum Gasteiger partial charge on any atom is -0.467 e. The van der Waals surface area contributed by atoms with Crippen molar-refractivity contribution in [1.82, 2.24) is 4.90 Å². The largest absolute Gasteiger partial charge is 0.467 e. The second-order valence-corrected chi connectivity index (χ2v) is 6.85. The van der Waals surface area contributed by atoms with Crippen molar-refractivity contribution in [2.75, 3.05) is 20.2 Å². The number of likely N-dealkylation sites (tertiary alicyclic amines) is 1. The summed E-state index contributed by atoms with van der Waals surface area (Å²) in [6.07, 6.45) is 0.633. The van der Waals surface area contributed by atoms with Gasteiger partial charge in [0.25, 0.3) is 0 Å². The number of hydrogen-bond acceptors (Lipinski definition) is 6. The highest BCUT2D eigenvalue weighted by atomic mass is 16.5. The van der Waals surface area contributed by atoms with E-state index in [0.29, 0.717) is 38.1 Å². The summed E-state index contributed by atoms with van der Waals surface area (Å²) >= 11 is 0. The Hall–Kier alpha value is -2.18. The molecular formula is C19H23NO5. The van der Waals surface area contributed by atoms with Crippen LogP contribution in [0, 0.1) is 13.8 Å². The van der Waals surface area contributed by atoms with Crippen molar-refractivity contribution >= 4 is 16.9 Å². The number of hydrogen-bond donors (Lipinski definition) is 1. The fourth-order valence-electron chi connectivity index (χ4n) is 3.53. The maximum Gasteiger partial charge on any atom is 0.337 e. The Labute approximate surface area is 146 Å². The lowest BCUT2D eigenvalue weighted by molar-refractivity contribution is -0.167. The van der Waals surface area contributed by atoms with Gasteiger partial charge in [0, 0.05) is 31.1 Å². The van der Waals surface area contributed by atoms with Crippen molar-refractivity contribution in [3.8, 4) is 0 Å². The van der Waals surface area contributed by atoms with Gasteiger partial charge in [0.1, 0.15) is 5.58 Å². The van der Waals surface area contributed by atoms with Crippen molar-refractivity contribution < 1.29 is 19.1 Å². The molecule has 1 aliphatic rings. The van der Waals surface area contributed by atoms with Crippen LogP contribution in [0.4, 0.5) is 0 Å². The van der Waals surface area contributed by atoms with Crippen LogP contribution in [0.5, 0.6) is 0 Å². The van der Waals surface area contributed by atoms with Crippen LogP contribution in [0.15, 0.2) is 27.4 Å². The molecular weight excluding hydrogens is 322 g/mol. The van der Waals surface area contributed by atoms with Crippen LogP contribution in [0.2, 0.25) is 0 Å². The summed E-state index contributed by atoms with van der Waals surface area (Å²) in [4.78, 5) is 25.8. The second-order valence-electron chi connectivity index (χ2n) is 6.85. The Kier molecular flexibility index (Phi) is 4.67. The van der Waals surface area contributed by atoms with E-state index in [4.69, 9.17) is 4.42 Å². The van der Waals surface area contributed by atoms with Crippen LogP contribution >= 0.6 is 0 Å². The standard InChI is InChI=1S/C19H23NO5/c1-12-8-13(2)17-15(9-12)14(10-16(21)25-17)11-20-6-4-19(23,5-7-20)18(22)24-3/h8-10,23H,4-7,11H2,1-3H3. The van der Waals surface area contributed by atoms with E-state index in [-0.39, 0.29) is 5.63 Å². The van der Waals surface area contributed by atoms with Gasteiger partial charge in [-0.1, -0.05) is 6.07 Å². The monoisotopic (exact) mass is 345 g/mol. The predicted octanol–water partition coefficient (Wildman–Crippen LogP) is 1.91. The van der Waals surface area contributed by atoms with Gasteiger partial charge in [0.05, 0.1) is 7.11 Å². The zero-order valence-electron chi connectivity index (χ0n) is 14.8. The quantitative estimate of drug-likeness (QED) is 0.676. The average Bonchev–Trinajstić information content (AvgIpc) is 2.57. The topological polar surface area (TPSA) is 80.0 Å². The average molecular weight is 345 g/mol. The van der Waals surface area contributed by atoms with Gasteiger partial charge >= 0.3 is 11.6 Å². The molecule has 2 aromatic rings. The number of esters is 1. The maximum absolute atomic E-state index is 11.9. The van der Waals surface area contributed by atoms with Gasteiger partial charge in [0.2, 0.25) is 0 Å². The number of fused-ring (bicyclic) bond motifs is 1. The Morgan fingerprint density at radius 1 is 1.28 bits per heavy atom. The molecule has 1 aliphatic heterocycles. The molecule has 0 aliphatic carbocycles. The van der Waals surface area contributed by atoms with E-state index in [9.17, 15) is 14.7 Å². The van der Waals surface area contributed by atoms with E-state index < -0.39 is 11.6 Å². The molecule has 0 spiro atoms. The molecule has 134 valence electrons. The molecule has 1 fully saturated rings. The van der Waals surface area contributed by atoms with E-state index in [1.54, 1.807) is 0 Å². The Morgan fingerprint density at radius 2 is 1.96 bits per heavy atom. The van der Waals surface area contributed by atoms with Gasteiger partial charge in [0.15, 0.2) is 5.60 Å². The third-order valence-corrected chi connectivity index (χ3v) is 4.90. The molecule has 0 radical (unpaired) electrons. The smallest absolute Gasteiger partial charge is 0.337 e. The zero-order valence-corrected chi connectivity index (χ0v) is 14.8. The number of ether oxygens (including phenoxy) is 1. The number of rotatable bonds is 3. The first-order valence-corrected chi connectivity index (χ1v) is 8.39. The van der Waals surface area contributed by atoms with Crippen molar-refractivity contribution in [2.45, 2.75) is 38.8 Å². The highest BCUT2D eigenvalue weighted by Gasteiger charge is 2.40. The van der Waals surface area contributed by atoms with E-state index in [0.717, 1.165) is 22.1 Å². The van der Waals surface area contributed by atoms with E-state index in [1.165, 1.54) is 13.2 Å². The number of carbonyl (C=O) groups is 1. The number of piperidine rings is 1. The van der Waals surface area contributed by atoms with Gasteiger partial charge in [-0.3, -0.25) is 4.90 Å². The lowest BCUT2D eigenvalue weighted by Crippen LogP contribution is -2.49. The minimum absolute atomic E-state index is 0.317. The van der Waals surface area contributed by atoms with Crippen LogP contribution in [-0.2, 0) is 16.1 Å². The van der Waals surface area contributed by atoms with Crippen LogP contribution in [-0.4, -0.2) is 41.8 Å². The number of methoxy groups -OCH3 is 1. The lowest BCUT2D eigenvalue weighted by atomic mass is 9.91. The lowest BCUT2D eigenvalue weighted by Gasteiger charge is -2.36. The molecule has 0 atom stereocenters. The van der Waals surface area contributed by atoms with Crippen LogP contribution in [0.1, 0.15) is 29.5 Å². The van der Waals surface area contributed by atoms with Crippen LogP contribution in [0.3, 0.4) is 0 Å². The molecule has 1 aromatic heterocycles. The summed E-state index contributed by atoms with van der Waals surface area (Å²) in [5.74, 6) is -0.579. The third kappa shape index (κ3) is 3.45. The van der Waals surface area contributed by atoms with Gasteiger partial charge in [-0.25, -0.2) is 9.59 Å². The van der Waals surface area contributed by atoms with Gasteiger partial charge in [-0.2, -0.15) is 0 Å². The maximum atomic E-state index is 11.9. The van der Waals surface area contributed by atoms with Gasteiger partial charge < -0.3 is 14.3 Å². The number of benzene rings is 1. The van der Waals surface area contributed by atoms with Crippen LogP contribution < -0.4 is 5.63 Å². The zero-order chi connectivity index (χ0) is 18.2. The number of nitrogens with zero attached hydrogens (tertiary/aromatic N) is 1. The van der Waals surface area contributed by atoms with Crippen molar-refractivity contribution in [3.63, 3.8) is 0 Å². The fraction of sp³-hybridized carbons (Fsp3) is 0.474. The first kappa shape index (κ1) is 17.6. The molecule has 25 heavy (non-hydrogen) atoms. The molecule has 1 N–H and O–H groups in total. The predicted molar refractivity (Wildman–Crippen MR) is 93.4 cm³/mol. The molecule has 0 unspecified atom stereocenters. The van der Waals surface area contributed by atoms with Crippen molar-refractivity contribution in [1.29, 1.82) is 0 Å². The summed E-state index contributed by atoms with van der Waals surface area (Å²) in [7, 11) is 1.28. The normalized spacial score (nSPS) is 17.6. The van der Waals surface area contributed by atoms with Gasteiger partial charge in [-0.15, -0.1) is 0 Å². The molecule has 0 saturated carbocycles. The van der Waals surface area contributed by atoms with E-state index in [2.05, 4.69) is 9.64 Å². The van der Waals surface area contributed by atoms with Crippen LogP contribution in [0.25, 0.3) is 11.0 Å². The van der Waals surface area contributed by atoms with Crippen molar-refractivity contribution in [2.24, 2.45) is 0 Å². The summed E-state index contributed by atoms with van der Waals surface area (Å²) in [5.41, 5.74) is 1.80. The first-order valence-electron chi connectivity index (χ1n) is 8.39. The molecule has 6 nitrogen and oxygen atoms in total. The molecule has 0 amide bonds. The Balaban J connectivity index is 1.85. The summed E-state index contributed by atoms with van der Waals surface area (Å²) in [6.45, 7) is 5.62. The summed E-state index contributed by atoms with van der Waals surface area (Å²) in [6, 6.07) is 5.55. The molecule has 0 bridgehead atoms. The summed E-state index contributed by atoms with van der Waals surface area (Å²) < 4.78 is 10.1. The first-order chi connectivity index (χ1) is 11.8. The molecule has 1 aromatic carbocycles. The Bertz CT molecular complexity index is 862. The number of aryl methyl sites for hydroxylation is 2. The van der Waals surface area contributed by atoms with E-state index in [1.807, 2.05) is 26.0 Å². The molecule has 2 heterocycles. The summed E-state index contributed by atoms with van der Waals surface area (Å²) in [5, 5.41) is 11.3. The minimum atomic E-state index is -1.41. The highest BCUT2D eigenvalue weighted by molar-refractivity contribution is 5.83. The third-order valence-electron chi connectivity index (χ3n) is 4.90. The van der Waals surface area contributed by atoms with E-state index >= 15 is 0 Å². The SMILES string of the molecule is COC(=O)C1(O)CCN(Cc2cc(=O)oc3c(C)cc(C)cc23)CC1. The van der Waals surface area contributed by atoms with Gasteiger partial charge in [-0.05, 0) is 49.4 Å². The number of carbonyl (C=O) groups excluding carboxylic acids is 1.